The lowest BCUT2D eigenvalue weighted by molar-refractivity contribution is -0.140. The van der Waals surface area contributed by atoms with Gasteiger partial charge in [0.15, 0.2) is 0 Å². The standard InChI is InChI=1S/C28H33N3O5S/c1-5-26(28(33)29-3)30(19-22-13-11-21(2)12-14-22)27(32)20-31(23-15-17-24(36-4)18-16-23)37(34,35)25-9-7-6-8-10-25/h6-18,26H,5,19-20H2,1-4H3,(H,29,33)/t26-/m1/s1. The van der Waals surface area contributed by atoms with Gasteiger partial charge in [0.05, 0.1) is 17.7 Å². The minimum atomic E-state index is -4.09. The fourth-order valence-corrected chi connectivity index (χ4v) is 5.41. The Kier molecular flexibility index (Phi) is 9.30. The van der Waals surface area contributed by atoms with Crippen LogP contribution in [0.3, 0.4) is 0 Å². The summed E-state index contributed by atoms with van der Waals surface area (Å²) in [6, 6.07) is 21.3. The molecule has 0 bridgehead atoms. The maximum atomic E-state index is 13.8. The van der Waals surface area contributed by atoms with Crippen molar-refractivity contribution in [2.75, 3.05) is 25.0 Å². The quantitative estimate of drug-likeness (QED) is 0.413. The average Bonchev–Trinajstić information content (AvgIpc) is 2.92. The molecule has 0 aliphatic carbocycles. The Morgan fingerprint density at radius 3 is 2.11 bits per heavy atom. The van der Waals surface area contributed by atoms with E-state index in [1.165, 1.54) is 31.2 Å². The van der Waals surface area contributed by atoms with Gasteiger partial charge in [-0.3, -0.25) is 13.9 Å². The molecule has 0 radical (unpaired) electrons. The summed E-state index contributed by atoms with van der Waals surface area (Å²) in [6.45, 7) is 3.46. The highest BCUT2D eigenvalue weighted by atomic mass is 32.2. The van der Waals surface area contributed by atoms with Crippen LogP contribution in [0.2, 0.25) is 0 Å². The van der Waals surface area contributed by atoms with Gasteiger partial charge in [0.1, 0.15) is 18.3 Å². The predicted octanol–water partition coefficient (Wildman–Crippen LogP) is 3.75. The minimum absolute atomic E-state index is 0.0574. The van der Waals surface area contributed by atoms with Gasteiger partial charge in [-0.05, 0) is 55.3 Å². The first-order valence-electron chi connectivity index (χ1n) is 12.0. The van der Waals surface area contributed by atoms with Crippen molar-refractivity contribution in [3.05, 3.63) is 90.0 Å². The summed E-state index contributed by atoms with van der Waals surface area (Å²) in [6.07, 6.45) is 0.366. The average molecular weight is 524 g/mol. The zero-order valence-corrected chi connectivity index (χ0v) is 22.4. The molecule has 1 atom stereocenters. The molecule has 3 aromatic rings. The molecule has 0 saturated carbocycles. The van der Waals surface area contributed by atoms with Crippen LogP contribution in [-0.4, -0.2) is 51.9 Å². The van der Waals surface area contributed by atoms with E-state index in [2.05, 4.69) is 5.32 Å². The van der Waals surface area contributed by atoms with E-state index in [1.807, 2.05) is 38.1 Å². The first-order valence-corrected chi connectivity index (χ1v) is 13.4. The molecule has 0 heterocycles. The second-order valence-electron chi connectivity index (χ2n) is 8.57. The maximum Gasteiger partial charge on any atom is 0.264 e. The van der Waals surface area contributed by atoms with E-state index in [0.717, 1.165) is 15.4 Å². The van der Waals surface area contributed by atoms with Crippen molar-refractivity contribution in [3.63, 3.8) is 0 Å². The van der Waals surface area contributed by atoms with E-state index in [1.54, 1.807) is 42.5 Å². The summed E-state index contributed by atoms with van der Waals surface area (Å²) in [5.41, 5.74) is 2.21. The second kappa shape index (κ2) is 12.4. The highest BCUT2D eigenvalue weighted by Crippen LogP contribution is 2.26. The number of nitrogens with zero attached hydrogens (tertiary/aromatic N) is 2. The molecule has 2 amide bonds. The lowest BCUT2D eigenvalue weighted by Gasteiger charge is -2.33. The number of sulfonamides is 1. The van der Waals surface area contributed by atoms with E-state index >= 15 is 0 Å². The van der Waals surface area contributed by atoms with Gasteiger partial charge < -0.3 is 15.0 Å². The number of hydrogen-bond acceptors (Lipinski definition) is 5. The first kappa shape index (κ1) is 27.7. The van der Waals surface area contributed by atoms with Gasteiger partial charge in [0, 0.05) is 13.6 Å². The van der Waals surface area contributed by atoms with Crippen LogP contribution in [0.25, 0.3) is 0 Å². The van der Waals surface area contributed by atoms with Crippen LogP contribution in [0.15, 0.2) is 83.8 Å². The number of amides is 2. The Morgan fingerprint density at radius 2 is 1.57 bits per heavy atom. The van der Waals surface area contributed by atoms with E-state index in [0.29, 0.717) is 17.9 Å². The SMILES string of the molecule is CC[C@H](C(=O)NC)N(Cc1ccc(C)cc1)C(=O)CN(c1ccc(OC)cc1)S(=O)(=O)c1ccccc1. The number of aryl methyl sites for hydroxylation is 1. The molecular formula is C28H33N3O5S. The lowest BCUT2D eigenvalue weighted by Crippen LogP contribution is -2.51. The van der Waals surface area contributed by atoms with Gasteiger partial charge in [-0.15, -0.1) is 0 Å². The van der Waals surface area contributed by atoms with Gasteiger partial charge in [0.25, 0.3) is 10.0 Å². The number of carbonyl (C=O) groups is 2. The molecule has 0 saturated heterocycles. The van der Waals surface area contributed by atoms with Crippen LogP contribution >= 0.6 is 0 Å². The van der Waals surface area contributed by atoms with Crippen LogP contribution in [0.1, 0.15) is 24.5 Å². The van der Waals surface area contributed by atoms with Crippen LogP contribution in [-0.2, 0) is 26.2 Å². The molecule has 0 aromatic heterocycles. The molecule has 8 nitrogen and oxygen atoms in total. The molecule has 1 N–H and O–H groups in total. The molecule has 9 heteroatoms. The topological polar surface area (TPSA) is 96.0 Å². The van der Waals surface area contributed by atoms with Gasteiger partial charge in [-0.1, -0.05) is 55.0 Å². The fourth-order valence-electron chi connectivity index (χ4n) is 3.97. The van der Waals surface area contributed by atoms with Crippen LogP contribution in [0.4, 0.5) is 5.69 Å². The number of methoxy groups -OCH3 is 1. The largest absolute Gasteiger partial charge is 0.497 e. The third kappa shape index (κ3) is 6.68. The summed E-state index contributed by atoms with van der Waals surface area (Å²) in [5, 5.41) is 2.62. The summed E-state index contributed by atoms with van der Waals surface area (Å²) in [5.74, 6) is -0.255. The molecule has 3 aromatic carbocycles. The predicted molar refractivity (Wildman–Crippen MR) is 144 cm³/mol. The van der Waals surface area contributed by atoms with Crippen molar-refractivity contribution in [3.8, 4) is 5.75 Å². The number of carbonyl (C=O) groups excluding carboxylic acids is 2. The normalized spacial score (nSPS) is 11.9. The van der Waals surface area contributed by atoms with Gasteiger partial charge in [0.2, 0.25) is 11.8 Å². The summed E-state index contributed by atoms with van der Waals surface area (Å²) in [7, 11) is -1.06. The number of benzene rings is 3. The molecule has 3 rings (SSSR count). The van der Waals surface area contributed by atoms with Crippen molar-refractivity contribution in [2.45, 2.75) is 37.8 Å². The van der Waals surface area contributed by atoms with Crippen molar-refractivity contribution in [1.82, 2.24) is 10.2 Å². The molecule has 0 aliphatic rings. The molecule has 0 aliphatic heterocycles. The van der Waals surface area contributed by atoms with E-state index in [4.69, 9.17) is 4.74 Å². The Bertz CT molecular complexity index is 1290. The van der Waals surface area contributed by atoms with Crippen molar-refractivity contribution < 1.29 is 22.7 Å². The zero-order valence-electron chi connectivity index (χ0n) is 21.5. The molecule has 0 spiro atoms. The summed E-state index contributed by atoms with van der Waals surface area (Å²) in [4.78, 5) is 28.1. The van der Waals surface area contributed by atoms with Gasteiger partial charge >= 0.3 is 0 Å². The van der Waals surface area contributed by atoms with Crippen molar-refractivity contribution >= 4 is 27.5 Å². The van der Waals surface area contributed by atoms with E-state index in [-0.39, 0.29) is 17.3 Å². The Hall–Kier alpha value is -3.85. The Balaban J connectivity index is 2.04. The highest BCUT2D eigenvalue weighted by molar-refractivity contribution is 7.92. The molecule has 37 heavy (non-hydrogen) atoms. The summed E-state index contributed by atoms with van der Waals surface area (Å²) >= 11 is 0. The lowest BCUT2D eigenvalue weighted by atomic mass is 10.1. The highest BCUT2D eigenvalue weighted by Gasteiger charge is 2.33. The fraction of sp³-hybridized carbons (Fsp3) is 0.286. The number of likely N-dealkylation sites (N-methyl/N-ethyl adjacent to an activating group) is 1. The van der Waals surface area contributed by atoms with Crippen LogP contribution in [0, 0.1) is 6.92 Å². The zero-order chi connectivity index (χ0) is 27.0. The number of nitrogens with one attached hydrogen (secondary N) is 1. The number of rotatable bonds is 11. The van der Waals surface area contributed by atoms with Gasteiger partial charge in [-0.2, -0.15) is 0 Å². The third-order valence-electron chi connectivity index (χ3n) is 6.08. The smallest absolute Gasteiger partial charge is 0.264 e. The van der Waals surface area contributed by atoms with Crippen LogP contribution < -0.4 is 14.4 Å². The molecule has 196 valence electrons. The molecule has 0 unspecified atom stereocenters. The first-order chi connectivity index (χ1) is 17.7. The van der Waals surface area contributed by atoms with E-state index in [9.17, 15) is 18.0 Å². The van der Waals surface area contributed by atoms with Crippen LogP contribution in [0.5, 0.6) is 5.75 Å². The van der Waals surface area contributed by atoms with Gasteiger partial charge in [-0.25, -0.2) is 8.42 Å². The number of hydrogen-bond donors (Lipinski definition) is 1. The Morgan fingerprint density at radius 1 is 0.946 bits per heavy atom. The van der Waals surface area contributed by atoms with Crippen molar-refractivity contribution in [1.29, 1.82) is 0 Å². The third-order valence-corrected chi connectivity index (χ3v) is 7.86. The summed E-state index contributed by atoms with van der Waals surface area (Å²) < 4.78 is 33.7. The molecule has 0 fully saturated rings. The molecular weight excluding hydrogens is 490 g/mol. The number of anilines is 1. The monoisotopic (exact) mass is 523 g/mol. The number of ether oxygens (including phenoxy) is 1. The van der Waals surface area contributed by atoms with Crippen molar-refractivity contribution in [2.24, 2.45) is 0 Å². The second-order valence-corrected chi connectivity index (χ2v) is 10.4. The Labute approximate surface area is 218 Å². The minimum Gasteiger partial charge on any atom is -0.497 e. The maximum absolute atomic E-state index is 13.8. The van der Waals surface area contributed by atoms with E-state index < -0.39 is 28.5 Å².